The molecule has 2 heterocycles. The molecule has 0 aromatic heterocycles. The van der Waals surface area contributed by atoms with E-state index in [4.69, 9.17) is 4.74 Å². The number of nitrogens with one attached hydrogen (secondary N) is 3. The van der Waals surface area contributed by atoms with Crippen LogP contribution in [0.4, 0.5) is 0 Å². The lowest BCUT2D eigenvalue weighted by Gasteiger charge is -2.28. The van der Waals surface area contributed by atoms with Crippen LogP contribution in [0.15, 0.2) is 24.3 Å². The summed E-state index contributed by atoms with van der Waals surface area (Å²) in [6.45, 7) is 6.07. The number of amides is 2. The molecule has 0 radical (unpaired) electrons. The Bertz CT molecular complexity index is 656. The molecule has 6 heteroatoms. The van der Waals surface area contributed by atoms with Crippen molar-refractivity contribution < 1.29 is 14.3 Å². The third-order valence-electron chi connectivity index (χ3n) is 5.27. The molecule has 0 bridgehead atoms. The fourth-order valence-corrected chi connectivity index (χ4v) is 3.76. The SMILES string of the molecule is CC(C)C[C@H](NC(=O)[C@@H]1Cc2ccccc2CN1)C(=O)NC[C@@H]1CCCO1. The quantitative estimate of drug-likeness (QED) is 0.677. The molecular weight excluding hydrogens is 342 g/mol. The molecule has 0 unspecified atom stereocenters. The molecule has 2 amide bonds. The van der Waals surface area contributed by atoms with E-state index in [9.17, 15) is 9.59 Å². The molecule has 0 aliphatic carbocycles. The molecule has 27 heavy (non-hydrogen) atoms. The Kier molecular flexibility index (Phi) is 6.85. The number of ether oxygens (including phenoxy) is 1. The van der Waals surface area contributed by atoms with Crippen molar-refractivity contribution in [3.8, 4) is 0 Å². The second kappa shape index (κ2) is 9.33. The van der Waals surface area contributed by atoms with E-state index in [-0.39, 0.29) is 24.0 Å². The smallest absolute Gasteiger partial charge is 0.242 e. The van der Waals surface area contributed by atoms with Crippen molar-refractivity contribution in [2.45, 2.75) is 64.3 Å². The van der Waals surface area contributed by atoms with Crippen LogP contribution in [0.25, 0.3) is 0 Å². The fourth-order valence-electron chi connectivity index (χ4n) is 3.76. The van der Waals surface area contributed by atoms with Gasteiger partial charge in [-0.1, -0.05) is 38.1 Å². The van der Waals surface area contributed by atoms with Crippen LogP contribution in [0.1, 0.15) is 44.2 Å². The van der Waals surface area contributed by atoms with Crippen LogP contribution in [-0.2, 0) is 27.3 Å². The monoisotopic (exact) mass is 373 g/mol. The second-order valence-electron chi connectivity index (χ2n) is 7.98. The van der Waals surface area contributed by atoms with Gasteiger partial charge < -0.3 is 20.7 Å². The maximum absolute atomic E-state index is 12.8. The Morgan fingerprint density at radius 2 is 2.04 bits per heavy atom. The van der Waals surface area contributed by atoms with E-state index >= 15 is 0 Å². The minimum Gasteiger partial charge on any atom is -0.376 e. The van der Waals surface area contributed by atoms with Gasteiger partial charge in [-0.15, -0.1) is 0 Å². The number of hydrogen-bond donors (Lipinski definition) is 3. The zero-order valence-electron chi connectivity index (χ0n) is 16.3. The van der Waals surface area contributed by atoms with Crippen LogP contribution < -0.4 is 16.0 Å². The van der Waals surface area contributed by atoms with Gasteiger partial charge in [0.25, 0.3) is 0 Å². The highest BCUT2D eigenvalue weighted by Crippen LogP contribution is 2.17. The van der Waals surface area contributed by atoms with Crippen LogP contribution in [0.5, 0.6) is 0 Å². The van der Waals surface area contributed by atoms with Crippen molar-refractivity contribution in [3.05, 3.63) is 35.4 Å². The van der Waals surface area contributed by atoms with Gasteiger partial charge in [-0.05, 0) is 42.7 Å². The predicted octanol–water partition coefficient (Wildman–Crippen LogP) is 1.53. The number of benzene rings is 1. The topological polar surface area (TPSA) is 79.5 Å². The van der Waals surface area contributed by atoms with E-state index < -0.39 is 6.04 Å². The number of fused-ring (bicyclic) bond motifs is 1. The Morgan fingerprint density at radius 1 is 1.26 bits per heavy atom. The first-order valence-corrected chi connectivity index (χ1v) is 10.0. The maximum Gasteiger partial charge on any atom is 0.242 e. The van der Waals surface area contributed by atoms with Gasteiger partial charge in [0.05, 0.1) is 12.1 Å². The van der Waals surface area contributed by atoms with Crippen LogP contribution in [0.3, 0.4) is 0 Å². The normalized spacial score (nSPS) is 22.9. The summed E-state index contributed by atoms with van der Waals surface area (Å²) < 4.78 is 5.56. The van der Waals surface area contributed by atoms with E-state index in [1.54, 1.807) is 0 Å². The van der Waals surface area contributed by atoms with Crippen molar-refractivity contribution >= 4 is 11.8 Å². The largest absolute Gasteiger partial charge is 0.376 e. The minimum absolute atomic E-state index is 0.0980. The van der Waals surface area contributed by atoms with Crippen molar-refractivity contribution in [1.29, 1.82) is 0 Å². The summed E-state index contributed by atoms with van der Waals surface area (Å²) in [6, 6.07) is 7.34. The predicted molar refractivity (Wildman–Crippen MR) is 104 cm³/mol. The van der Waals surface area contributed by atoms with Crippen molar-refractivity contribution in [3.63, 3.8) is 0 Å². The summed E-state index contributed by atoms with van der Waals surface area (Å²) in [5.41, 5.74) is 2.43. The standard InChI is InChI=1S/C21H31N3O3/c1-14(2)10-19(20(25)23-13-17-8-5-9-27-17)24-21(26)18-11-15-6-3-4-7-16(15)12-22-18/h3-4,6-7,14,17-19,22H,5,8-13H2,1-2H3,(H,23,25)(H,24,26)/t17-,18-,19-/m0/s1. The molecular formula is C21H31N3O3. The first-order chi connectivity index (χ1) is 13.0. The van der Waals surface area contributed by atoms with Gasteiger partial charge in [-0.25, -0.2) is 0 Å². The average molecular weight is 373 g/mol. The molecule has 0 spiro atoms. The highest BCUT2D eigenvalue weighted by molar-refractivity contribution is 5.90. The third-order valence-corrected chi connectivity index (χ3v) is 5.27. The molecule has 6 nitrogen and oxygen atoms in total. The summed E-state index contributed by atoms with van der Waals surface area (Å²) in [6.07, 6.45) is 3.38. The molecule has 1 aromatic rings. The first kappa shape index (κ1) is 19.8. The van der Waals surface area contributed by atoms with E-state index in [2.05, 4.69) is 41.9 Å². The van der Waals surface area contributed by atoms with Crippen LogP contribution >= 0.6 is 0 Å². The van der Waals surface area contributed by atoms with E-state index in [0.29, 0.717) is 31.8 Å². The van der Waals surface area contributed by atoms with Gasteiger partial charge in [0, 0.05) is 19.7 Å². The summed E-state index contributed by atoms with van der Waals surface area (Å²) in [7, 11) is 0. The zero-order chi connectivity index (χ0) is 19.2. The van der Waals surface area contributed by atoms with Gasteiger partial charge in [0.15, 0.2) is 0 Å². The molecule has 1 aromatic carbocycles. The van der Waals surface area contributed by atoms with Gasteiger partial charge in [0.1, 0.15) is 6.04 Å². The third kappa shape index (κ3) is 5.53. The highest BCUT2D eigenvalue weighted by Gasteiger charge is 2.29. The molecule has 3 atom stereocenters. The van der Waals surface area contributed by atoms with Gasteiger partial charge in [-0.3, -0.25) is 9.59 Å². The average Bonchev–Trinajstić information content (AvgIpc) is 3.18. The number of hydrogen-bond acceptors (Lipinski definition) is 4. The van der Waals surface area contributed by atoms with Crippen molar-refractivity contribution in [2.75, 3.05) is 13.2 Å². The molecule has 2 aliphatic rings. The molecule has 3 rings (SSSR count). The number of carbonyl (C=O) groups excluding carboxylic acids is 2. The number of carbonyl (C=O) groups is 2. The zero-order valence-corrected chi connectivity index (χ0v) is 16.3. The lowest BCUT2D eigenvalue weighted by molar-refractivity contribution is -0.130. The number of rotatable bonds is 7. The minimum atomic E-state index is -0.516. The summed E-state index contributed by atoms with van der Waals surface area (Å²) in [4.78, 5) is 25.4. The lowest BCUT2D eigenvalue weighted by Crippen LogP contribution is -2.55. The van der Waals surface area contributed by atoms with Crippen LogP contribution in [-0.4, -0.2) is 43.2 Å². The maximum atomic E-state index is 12.8. The Hall–Kier alpha value is -1.92. The molecule has 2 aliphatic heterocycles. The Morgan fingerprint density at radius 3 is 2.74 bits per heavy atom. The Balaban J connectivity index is 1.56. The van der Waals surface area contributed by atoms with Gasteiger partial charge >= 0.3 is 0 Å². The van der Waals surface area contributed by atoms with Crippen molar-refractivity contribution in [1.82, 2.24) is 16.0 Å². The summed E-state index contributed by atoms with van der Waals surface area (Å²) in [5, 5.41) is 9.21. The fraction of sp³-hybridized carbons (Fsp3) is 0.619. The van der Waals surface area contributed by atoms with E-state index in [1.165, 1.54) is 11.1 Å². The molecule has 148 valence electrons. The summed E-state index contributed by atoms with van der Waals surface area (Å²) >= 11 is 0. The lowest BCUT2D eigenvalue weighted by atomic mass is 9.95. The molecule has 1 saturated heterocycles. The second-order valence-corrected chi connectivity index (χ2v) is 7.98. The summed E-state index contributed by atoms with van der Waals surface area (Å²) in [5.74, 6) is 0.0787. The van der Waals surface area contributed by atoms with E-state index in [0.717, 1.165) is 19.4 Å². The molecule has 0 saturated carbocycles. The Labute approximate surface area is 161 Å². The first-order valence-electron chi connectivity index (χ1n) is 10.0. The van der Waals surface area contributed by atoms with Gasteiger partial charge in [0.2, 0.25) is 11.8 Å². The highest BCUT2D eigenvalue weighted by atomic mass is 16.5. The van der Waals surface area contributed by atoms with Crippen LogP contribution in [0, 0.1) is 5.92 Å². The van der Waals surface area contributed by atoms with E-state index in [1.807, 2.05) is 12.1 Å². The van der Waals surface area contributed by atoms with Crippen LogP contribution in [0.2, 0.25) is 0 Å². The molecule has 3 N–H and O–H groups in total. The van der Waals surface area contributed by atoms with Crippen molar-refractivity contribution in [2.24, 2.45) is 5.92 Å². The van der Waals surface area contributed by atoms with Gasteiger partial charge in [-0.2, -0.15) is 0 Å². The molecule has 1 fully saturated rings.